The molecule has 0 amide bonds. The monoisotopic (exact) mass is 247 g/mol. The van der Waals surface area contributed by atoms with Crippen molar-refractivity contribution in [1.29, 1.82) is 0 Å². The van der Waals surface area contributed by atoms with E-state index in [1.54, 1.807) is 0 Å². The van der Waals surface area contributed by atoms with Gasteiger partial charge < -0.3 is 5.32 Å². The maximum atomic E-state index is 3.53. The number of rotatable bonds is 8. The molecule has 0 aliphatic rings. The largest absolute Gasteiger partial charge is 0.316 e. The number of benzene rings is 1. The first kappa shape index (κ1) is 15.2. The molecule has 1 nitrogen and oxygen atoms in total. The van der Waals surface area contributed by atoms with Crippen molar-refractivity contribution >= 4 is 0 Å². The summed E-state index contributed by atoms with van der Waals surface area (Å²) in [5, 5.41) is 3.53. The highest BCUT2D eigenvalue weighted by atomic mass is 14.8. The molecule has 0 saturated carbocycles. The van der Waals surface area contributed by atoms with Gasteiger partial charge in [0.1, 0.15) is 0 Å². The summed E-state index contributed by atoms with van der Waals surface area (Å²) in [5.41, 5.74) is 2.98. The summed E-state index contributed by atoms with van der Waals surface area (Å²) in [5.74, 6) is 1.40. The second-order valence-electron chi connectivity index (χ2n) is 5.78. The molecule has 102 valence electrons. The van der Waals surface area contributed by atoms with Gasteiger partial charge in [0.15, 0.2) is 0 Å². The molecule has 0 bridgehead atoms. The average Bonchev–Trinajstić information content (AvgIpc) is 2.35. The Morgan fingerprint density at radius 2 is 1.94 bits per heavy atom. The fourth-order valence-electron chi connectivity index (χ4n) is 2.22. The lowest BCUT2D eigenvalue weighted by molar-refractivity contribution is 0.525. The predicted octanol–water partition coefficient (Wildman–Crippen LogP) is 4.38. The molecule has 0 aromatic heterocycles. The van der Waals surface area contributed by atoms with E-state index in [0.29, 0.717) is 5.92 Å². The van der Waals surface area contributed by atoms with Crippen molar-refractivity contribution in [1.82, 2.24) is 5.32 Å². The van der Waals surface area contributed by atoms with Crippen LogP contribution < -0.4 is 5.32 Å². The van der Waals surface area contributed by atoms with Gasteiger partial charge in [0.25, 0.3) is 0 Å². The molecule has 1 rings (SSSR count). The zero-order chi connectivity index (χ0) is 13.4. The fourth-order valence-corrected chi connectivity index (χ4v) is 2.22. The maximum absolute atomic E-state index is 3.53. The third-order valence-electron chi connectivity index (χ3n) is 3.37. The molecular formula is C17H29N. The first-order valence-corrected chi connectivity index (χ1v) is 7.43. The van der Waals surface area contributed by atoms with Gasteiger partial charge in [0, 0.05) is 0 Å². The third kappa shape index (κ3) is 5.68. The van der Waals surface area contributed by atoms with Crippen LogP contribution in [-0.2, 0) is 6.42 Å². The van der Waals surface area contributed by atoms with Gasteiger partial charge in [-0.3, -0.25) is 0 Å². The Hall–Kier alpha value is -0.820. The standard InChI is InChI=1S/C17H29N/c1-5-7-16-8-6-9-17(12-16)15(4)10-11-18-13-14(2)3/h6,8-9,12,14-15,18H,5,7,10-11,13H2,1-4H3. The number of hydrogen-bond donors (Lipinski definition) is 1. The van der Waals surface area contributed by atoms with Gasteiger partial charge in [-0.05, 0) is 48.9 Å². The van der Waals surface area contributed by atoms with Crippen LogP contribution in [0.5, 0.6) is 0 Å². The molecule has 0 aliphatic heterocycles. The summed E-state index contributed by atoms with van der Waals surface area (Å²) in [6.45, 7) is 11.3. The van der Waals surface area contributed by atoms with Crippen LogP contribution in [0.4, 0.5) is 0 Å². The summed E-state index contributed by atoms with van der Waals surface area (Å²) < 4.78 is 0. The van der Waals surface area contributed by atoms with Crippen molar-refractivity contribution in [3.63, 3.8) is 0 Å². The first-order valence-electron chi connectivity index (χ1n) is 7.43. The Labute approximate surface area is 113 Å². The van der Waals surface area contributed by atoms with Crippen molar-refractivity contribution in [3.8, 4) is 0 Å². The first-order chi connectivity index (χ1) is 8.63. The zero-order valence-electron chi connectivity index (χ0n) is 12.5. The average molecular weight is 247 g/mol. The van der Waals surface area contributed by atoms with Crippen LogP contribution in [0.1, 0.15) is 57.6 Å². The number of hydrogen-bond acceptors (Lipinski definition) is 1. The minimum atomic E-state index is 0.654. The van der Waals surface area contributed by atoms with Gasteiger partial charge in [0.2, 0.25) is 0 Å². The SMILES string of the molecule is CCCc1cccc(C(C)CCNCC(C)C)c1. The van der Waals surface area contributed by atoms with Crippen LogP contribution >= 0.6 is 0 Å². The molecule has 18 heavy (non-hydrogen) atoms. The van der Waals surface area contributed by atoms with Crippen molar-refractivity contribution in [3.05, 3.63) is 35.4 Å². The molecule has 1 unspecified atom stereocenters. The van der Waals surface area contributed by atoms with Crippen LogP contribution in [0.2, 0.25) is 0 Å². The van der Waals surface area contributed by atoms with Crippen molar-refractivity contribution < 1.29 is 0 Å². The molecule has 1 aromatic rings. The van der Waals surface area contributed by atoms with Crippen molar-refractivity contribution in [2.75, 3.05) is 13.1 Å². The van der Waals surface area contributed by atoms with Gasteiger partial charge in [-0.2, -0.15) is 0 Å². The summed E-state index contributed by atoms with van der Waals surface area (Å²) in [6, 6.07) is 9.11. The van der Waals surface area contributed by atoms with Gasteiger partial charge in [-0.25, -0.2) is 0 Å². The lowest BCUT2D eigenvalue weighted by Crippen LogP contribution is -2.21. The highest BCUT2D eigenvalue weighted by Gasteiger charge is 2.06. The van der Waals surface area contributed by atoms with Crippen LogP contribution in [-0.4, -0.2) is 13.1 Å². The van der Waals surface area contributed by atoms with Gasteiger partial charge in [-0.1, -0.05) is 58.4 Å². The number of aryl methyl sites for hydroxylation is 1. The molecule has 0 fully saturated rings. The smallest absolute Gasteiger partial charge is 0.00258 e. The Morgan fingerprint density at radius 1 is 1.17 bits per heavy atom. The van der Waals surface area contributed by atoms with E-state index < -0.39 is 0 Å². The van der Waals surface area contributed by atoms with Crippen molar-refractivity contribution in [2.24, 2.45) is 5.92 Å². The topological polar surface area (TPSA) is 12.0 Å². The minimum Gasteiger partial charge on any atom is -0.316 e. The highest BCUT2D eigenvalue weighted by Crippen LogP contribution is 2.20. The maximum Gasteiger partial charge on any atom is -0.00258 e. The minimum absolute atomic E-state index is 0.654. The predicted molar refractivity (Wildman–Crippen MR) is 81.2 cm³/mol. The van der Waals surface area contributed by atoms with Crippen LogP contribution in [0.3, 0.4) is 0 Å². The second-order valence-corrected chi connectivity index (χ2v) is 5.78. The van der Waals surface area contributed by atoms with E-state index in [2.05, 4.69) is 57.3 Å². The summed E-state index contributed by atoms with van der Waals surface area (Å²) in [4.78, 5) is 0. The van der Waals surface area contributed by atoms with Crippen molar-refractivity contribution in [2.45, 2.75) is 52.9 Å². The quantitative estimate of drug-likeness (QED) is 0.672. The van der Waals surface area contributed by atoms with Crippen LogP contribution in [0.25, 0.3) is 0 Å². The molecule has 0 radical (unpaired) electrons. The van der Waals surface area contributed by atoms with Crippen LogP contribution in [0, 0.1) is 5.92 Å². The third-order valence-corrected chi connectivity index (χ3v) is 3.37. The lowest BCUT2D eigenvalue weighted by atomic mass is 9.95. The molecule has 1 atom stereocenters. The molecule has 1 heteroatoms. The van der Waals surface area contributed by atoms with Crippen LogP contribution in [0.15, 0.2) is 24.3 Å². The molecule has 0 aliphatic carbocycles. The Morgan fingerprint density at radius 3 is 2.61 bits per heavy atom. The second kappa shape index (κ2) is 8.31. The molecule has 1 N–H and O–H groups in total. The van der Waals surface area contributed by atoms with E-state index in [1.807, 2.05) is 0 Å². The van der Waals surface area contributed by atoms with Gasteiger partial charge in [-0.15, -0.1) is 0 Å². The summed E-state index contributed by atoms with van der Waals surface area (Å²) >= 11 is 0. The molecular weight excluding hydrogens is 218 g/mol. The fraction of sp³-hybridized carbons (Fsp3) is 0.647. The zero-order valence-corrected chi connectivity index (χ0v) is 12.5. The van der Waals surface area contributed by atoms with Gasteiger partial charge in [0.05, 0.1) is 0 Å². The molecule has 0 spiro atoms. The lowest BCUT2D eigenvalue weighted by Gasteiger charge is -2.14. The Bertz CT molecular complexity index is 330. The van der Waals surface area contributed by atoms with E-state index in [4.69, 9.17) is 0 Å². The summed E-state index contributed by atoms with van der Waals surface area (Å²) in [6.07, 6.45) is 3.65. The summed E-state index contributed by atoms with van der Waals surface area (Å²) in [7, 11) is 0. The van der Waals surface area contributed by atoms with E-state index in [0.717, 1.165) is 19.0 Å². The van der Waals surface area contributed by atoms with E-state index in [-0.39, 0.29) is 0 Å². The van der Waals surface area contributed by atoms with E-state index in [9.17, 15) is 0 Å². The highest BCUT2D eigenvalue weighted by molar-refractivity contribution is 5.26. The normalized spacial score (nSPS) is 12.9. The molecule has 0 saturated heterocycles. The molecule has 0 heterocycles. The van der Waals surface area contributed by atoms with E-state index >= 15 is 0 Å². The Balaban J connectivity index is 2.40. The molecule has 1 aromatic carbocycles. The van der Waals surface area contributed by atoms with E-state index in [1.165, 1.54) is 30.4 Å². The Kier molecular flexibility index (Phi) is 7.04. The number of nitrogens with one attached hydrogen (secondary N) is 1. The van der Waals surface area contributed by atoms with Gasteiger partial charge >= 0.3 is 0 Å².